The maximum atomic E-state index is 12.7. The normalized spacial score (nSPS) is 19.3. The van der Waals surface area contributed by atoms with E-state index in [9.17, 15) is 9.59 Å². The Kier molecular flexibility index (Phi) is 3.52. The van der Waals surface area contributed by atoms with Crippen LogP contribution < -0.4 is 5.56 Å². The third-order valence-electron chi connectivity index (χ3n) is 4.06. The number of rotatable bonds is 2. The summed E-state index contributed by atoms with van der Waals surface area (Å²) in [6.07, 6.45) is 2.96. The van der Waals surface area contributed by atoms with Gasteiger partial charge in [0.25, 0.3) is 5.56 Å². The van der Waals surface area contributed by atoms with Crippen molar-refractivity contribution in [3.63, 3.8) is 0 Å². The van der Waals surface area contributed by atoms with Crippen LogP contribution in [-0.4, -0.2) is 28.1 Å². The van der Waals surface area contributed by atoms with Crippen LogP contribution in [0.5, 0.6) is 0 Å². The molecule has 2 atom stereocenters. The number of carbonyl (C=O) groups is 1. The van der Waals surface area contributed by atoms with Crippen LogP contribution in [0.1, 0.15) is 36.8 Å². The summed E-state index contributed by atoms with van der Waals surface area (Å²) in [4.78, 5) is 26.2. The number of fused-ring (bicyclic) bond motifs is 3. The smallest absolute Gasteiger partial charge is 0.330 e. The van der Waals surface area contributed by atoms with E-state index in [1.54, 1.807) is 18.3 Å². The average Bonchev–Trinajstić information content (AvgIpc) is 2.84. The summed E-state index contributed by atoms with van der Waals surface area (Å²) in [5.41, 5.74) is 0.851. The van der Waals surface area contributed by atoms with Crippen molar-refractivity contribution in [2.45, 2.75) is 39.2 Å². The van der Waals surface area contributed by atoms with Crippen LogP contribution in [-0.2, 0) is 22.4 Å². The Balaban J connectivity index is 2.17. The molecule has 1 aliphatic rings. The highest BCUT2D eigenvalue weighted by molar-refractivity contribution is 7.18. The van der Waals surface area contributed by atoms with Gasteiger partial charge in [-0.2, -0.15) is 4.68 Å². The van der Waals surface area contributed by atoms with Crippen LogP contribution in [0.15, 0.2) is 4.79 Å². The molecule has 2 heterocycles. The minimum absolute atomic E-state index is 0.245. The summed E-state index contributed by atoms with van der Waals surface area (Å²) in [6.45, 7) is 3.81. The first-order chi connectivity index (χ1) is 10.0. The van der Waals surface area contributed by atoms with Gasteiger partial charge in [0.1, 0.15) is 0 Å². The van der Waals surface area contributed by atoms with Gasteiger partial charge in [0, 0.05) is 4.88 Å². The maximum absolute atomic E-state index is 12.7. The van der Waals surface area contributed by atoms with Crippen molar-refractivity contribution in [3.05, 3.63) is 20.8 Å². The predicted molar refractivity (Wildman–Crippen MR) is 79.6 cm³/mol. The third-order valence-corrected chi connectivity index (χ3v) is 5.19. The molecule has 0 radical (unpaired) electrons. The zero-order valence-electron chi connectivity index (χ0n) is 12.3. The van der Waals surface area contributed by atoms with Crippen molar-refractivity contribution in [3.8, 4) is 0 Å². The molecule has 0 saturated heterocycles. The number of aryl methyl sites for hydroxylation is 1. The van der Waals surface area contributed by atoms with Gasteiger partial charge in [0.2, 0.25) is 0 Å². The van der Waals surface area contributed by atoms with Gasteiger partial charge in [-0.3, -0.25) is 4.79 Å². The second-order valence-corrected chi connectivity index (χ2v) is 6.65. The molecule has 1 aliphatic carbocycles. The Labute approximate surface area is 125 Å². The summed E-state index contributed by atoms with van der Waals surface area (Å²) < 4.78 is 5.80. The van der Waals surface area contributed by atoms with E-state index in [0.717, 1.165) is 29.5 Å². The van der Waals surface area contributed by atoms with Crippen LogP contribution in [0.4, 0.5) is 0 Å². The zero-order chi connectivity index (χ0) is 15.1. The van der Waals surface area contributed by atoms with E-state index >= 15 is 0 Å². The number of hydrogen-bond donors (Lipinski definition) is 0. The Morgan fingerprint density at radius 3 is 3.00 bits per heavy atom. The van der Waals surface area contributed by atoms with Crippen molar-refractivity contribution in [1.82, 2.24) is 15.0 Å². The molecule has 0 saturated carbocycles. The highest BCUT2D eigenvalue weighted by Gasteiger charge is 2.26. The molecule has 0 amide bonds. The number of hydrogen-bond acceptors (Lipinski definition) is 6. The molecule has 2 aromatic heterocycles. The SMILES string of the molecule is COC(=O)[C@H](C)n1nnc2sc3c(c2c1=O)CC[C@H](C)C3. The highest BCUT2D eigenvalue weighted by Crippen LogP contribution is 2.35. The van der Waals surface area contributed by atoms with Crippen LogP contribution in [0, 0.1) is 5.92 Å². The van der Waals surface area contributed by atoms with E-state index in [-0.39, 0.29) is 5.56 Å². The molecule has 21 heavy (non-hydrogen) atoms. The van der Waals surface area contributed by atoms with Crippen molar-refractivity contribution < 1.29 is 9.53 Å². The van der Waals surface area contributed by atoms with Crippen LogP contribution >= 0.6 is 11.3 Å². The molecule has 112 valence electrons. The van der Waals surface area contributed by atoms with Crippen LogP contribution in [0.25, 0.3) is 10.2 Å². The first-order valence-corrected chi connectivity index (χ1v) is 7.82. The minimum Gasteiger partial charge on any atom is -0.467 e. The summed E-state index contributed by atoms with van der Waals surface area (Å²) in [5, 5.41) is 8.67. The molecule has 7 heteroatoms. The highest BCUT2D eigenvalue weighted by atomic mass is 32.1. The summed E-state index contributed by atoms with van der Waals surface area (Å²) >= 11 is 1.55. The Hall–Kier alpha value is -1.76. The number of thiophene rings is 1. The Bertz CT molecular complexity index is 765. The average molecular weight is 307 g/mol. The van der Waals surface area contributed by atoms with E-state index in [4.69, 9.17) is 0 Å². The molecule has 0 unspecified atom stereocenters. The first-order valence-electron chi connectivity index (χ1n) is 7.00. The summed E-state index contributed by atoms with van der Waals surface area (Å²) in [7, 11) is 1.30. The molecule has 0 N–H and O–H groups in total. The fourth-order valence-corrected chi connectivity index (χ4v) is 4.11. The molecule has 6 nitrogen and oxygen atoms in total. The molecular weight excluding hydrogens is 290 g/mol. The number of ether oxygens (including phenoxy) is 1. The Morgan fingerprint density at radius 1 is 1.52 bits per heavy atom. The molecule has 0 bridgehead atoms. The Morgan fingerprint density at radius 2 is 2.29 bits per heavy atom. The molecular formula is C14H17N3O3S. The quantitative estimate of drug-likeness (QED) is 0.790. The number of esters is 1. The van der Waals surface area contributed by atoms with Gasteiger partial charge >= 0.3 is 5.97 Å². The van der Waals surface area contributed by atoms with E-state index in [2.05, 4.69) is 22.0 Å². The molecule has 0 fully saturated rings. The lowest BCUT2D eigenvalue weighted by Gasteiger charge is -2.17. The molecule has 3 rings (SSSR count). The largest absolute Gasteiger partial charge is 0.467 e. The van der Waals surface area contributed by atoms with Crippen molar-refractivity contribution in [2.75, 3.05) is 7.11 Å². The van der Waals surface area contributed by atoms with E-state index in [1.807, 2.05) is 0 Å². The van der Waals surface area contributed by atoms with E-state index < -0.39 is 12.0 Å². The number of aromatic nitrogens is 3. The fourth-order valence-electron chi connectivity index (χ4n) is 2.80. The van der Waals surface area contributed by atoms with Crippen molar-refractivity contribution in [1.29, 1.82) is 0 Å². The summed E-state index contributed by atoms with van der Waals surface area (Å²) in [5.74, 6) is 0.137. The van der Waals surface area contributed by atoms with Gasteiger partial charge in [-0.1, -0.05) is 12.1 Å². The predicted octanol–water partition coefficient (Wildman–Crippen LogP) is 1.71. The van der Waals surface area contributed by atoms with Crippen LogP contribution in [0.2, 0.25) is 0 Å². The van der Waals surface area contributed by atoms with Gasteiger partial charge in [-0.05, 0) is 37.7 Å². The second kappa shape index (κ2) is 5.22. The van der Waals surface area contributed by atoms with E-state index in [0.29, 0.717) is 16.1 Å². The number of carbonyl (C=O) groups excluding carboxylic acids is 1. The molecule has 0 aliphatic heterocycles. The van der Waals surface area contributed by atoms with Gasteiger partial charge in [-0.15, -0.1) is 16.4 Å². The first kappa shape index (κ1) is 14.2. The third kappa shape index (κ3) is 2.25. The standard InChI is InChI=1S/C14H17N3O3S/c1-7-4-5-9-10(6-7)21-12-11(9)13(18)17(16-15-12)8(2)14(19)20-3/h7-8H,4-6H2,1-3H3/t7-,8-/m0/s1. The lowest BCUT2D eigenvalue weighted by Crippen LogP contribution is -2.32. The van der Waals surface area contributed by atoms with Crippen LogP contribution in [0.3, 0.4) is 0 Å². The fraction of sp³-hybridized carbons (Fsp3) is 0.571. The second-order valence-electron chi connectivity index (χ2n) is 5.57. The van der Waals surface area contributed by atoms with Gasteiger partial charge < -0.3 is 4.74 Å². The van der Waals surface area contributed by atoms with Gasteiger partial charge in [0.05, 0.1) is 12.5 Å². The molecule has 0 spiro atoms. The zero-order valence-corrected chi connectivity index (χ0v) is 13.1. The van der Waals surface area contributed by atoms with Gasteiger partial charge in [-0.25, -0.2) is 4.79 Å². The lowest BCUT2D eigenvalue weighted by molar-refractivity contribution is -0.144. The van der Waals surface area contributed by atoms with E-state index in [1.165, 1.54) is 12.0 Å². The number of methoxy groups -OCH3 is 1. The van der Waals surface area contributed by atoms with Gasteiger partial charge in [0.15, 0.2) is 10.9 Å². The molecule has 0 aromatic carbocycles. The molecule has 2 aromatic rings. The monoisotopic (exact) mass is 307 g/mol. The summed E-state index contributed by atoms with van der Waals surface area (Å²) in [6, 6.07) is -0.766. The van der Waals surface area contributed by atoms with Crippen molar-refractivity contribution in [2.24, 2.45) is 5.92 Å². The number of nitrogens with zero attached hydrogens (tertiary/aromatic N) is 3. The lowest BCUT2D eigenvalue weighted by atomic mass is 9.89. The topological polar surface area (TPSA) is 74.1 Å². The minimum atomic E-state index is -0.766. The van der Waals surface area contributed by atoms with Crippen molar-refractivity contribution >= 4 is 27.5 Å². The maximum Gasteiger partial charge on any atom is 0.330 e.